The second-order valence-corrected chi connectivity index (χ2v) is 6.50. The maximum atomic E-state index is 12.5. The predicted octanol–water partition coefficient (Wildman–Crippen LogP) is 4.71. The molecule has 3 aromatic rings. The summed E-state index contributed by atoms with van der Waals surface area (Å²) < 4.78 is 0. The molecule has 5 heteroatoms. The van der Waals surface area contributed by atoms with Crippen molar-refractivity contribution in [1.82, 2.24) is 4.98 Å². The number of pyridine rings is 1. The number of hydrogen-bond donors (Lipinski definition) is 2. The number of aryl methyl sites for hydroxylation is 1. The molecule has 0 spiro atoms. The Morgan fingerprint density at radius 1 is 0.926 bits per heavy atom. The third-order valence-electron chi connectivity index (χ3n) is 4.29. The summed E-state index contributed by atoms with van der Waals surface area (Å²) >= 11 is 0. The van der Waals surface area contributed by atoms with Crippen LogP contribution in [0.3, 0.4) is 0 Å². The molecule has 0 saturated carbocycles. The smallest absolute Gasteiger partial charge is 0.274 e. The molecule has 3 rings (SSSR count). The molecular weight excluding hydrogens is 336 g/mol. The normalized spacial score (nSPS) is 10.3. The molecule has 2 aromatic carbocycles. The molecule has 138 valence electrons. The first-order chi connectivity index (χ1) is 13.0. The van der Waals surface area contributed by atoms with Crippen LogP contribution in [-0.4, -0.2) is 25.0 Å². The van der Waals surface area contributed by atoms with Gasteiger partial charge in [-0.1, -0.05) is 19.1 Å². The Bertz CT molecular complexity index is 902. The van der Waals surface area contributed by atoms with E-state index >= 15 is 0 Å². The SMILES string of the molecule is CCc1ccc(NC(=O)c2cc(Nc3ccc(N(C)C)cc3)ccn2)cc1. The standard InChI is InChI=1S/C22H24N4O/c1-4-16-5-7-18(8-6-16)25-22(27)21-15-19(13-14-23-21)24-17-9-11-20(12-10-17)26(2)3/h5-15H,4H2,1-3H3,(H,23,24)(H,25,27). The van der Waals surface area contributed by atoms with E-state index in [1.54, 1.807) is 12.3 Å². The highest BCUT2D eigenvalue weighted by Gasteiger charge is 2.09. The molecule has 0 aliphatic heterocycles. The zero-order chi connectivity index (χ0) is 19.2. The summed E-state index contributed by atoms with van der Waals surface area (Å²) in [5.41, 5.74) is 5.26. The first-order valence-corrected chi connectivity index (χ1v) is 8.96. The van der Waals surface area contributed by atoms with Crippen molar-refractivity contribution in [3.8, 4) is 0 Å². The zero-order valence-corrected chi connectivity index (χ0v) is 15.9. The van der Waals surface area contributed by atoms with Gasteiger partial charge in [0.15, 0.2) is 0 Å². The van der Waals surface area contributed by atoms with Crippen molar-refractivity contribution in [2.45, 2.75) is 13.3 Å². The summed E-state index contributed by atoms with van der Waals surface area (Å²) in [5, 5.41) is 6.19. The Labute approximate surface area is 160 Å². The summed E-state index contributed by atoms with van der Waals surface area (Å²) in [6, 6.07) is 19.5. The van der Waals surface area contributed by atoms with Crippen LogP contribution in [0.15, 0.2) is 66.9 Å². The van der Waals surface area contributed by atoms with Crippen LogP contribution < -0.4 is 15.5 Å². The molecule has 27 heavy (non-hydrogen) atoms. The Balaban J connectivity index is 1.69. The summed E-state index contributed by atoms with van der Waals surface area (Å²) in [5.74, 6) is -0.231. The highest BCUT2D eigenvalue weighted by atomic mass is 16.1. The first-order valence-electron chi connectivity index (χ1n) is 8.96. The molecule has 0 bridgehead atoms. The minimum absolute atomic E-state index is 0.231. The van der Waals surface area contributed by atoms with Crippen molar-refractivity contribution in [2.75, 3.05) is 29.6 Å². The van der Waals surface area contributed by atoms with Gasteiger partial charge in [-0.3, -0.25) is 9.78 Å². The van der Waals surface area contributed by atoms with Crippen molar-refractivity contribution >= 4 is 28.7 Å². The highest BCUT2D eigenvalue weighted by Crippen LogP contribution is 2.20. The summed E-state index contributed by atoms with van der Waals surface area (Å²) in [4.78, 5) is 18.7. The molecule has 0 atom stereocenters. The van der Waals surface area contributed by atoms with E-state index in [1.807, 2.05) is 73.6 Å². The largest absolute Gasteiger partial charge is 0.378 e. The van der Waals surface area contributed by atoms with Crippen LogP contribution in [0.1, 0.15) is 23.0 Å². The lowest BCUT2D eigenvalue weighted by Crippen LogP contribution is -2.13. The molecule has 1 heterocycles. The van der Waals surface area contributed by atoms with Gasteiger partial charge in [0.2, 0.25) is 0 Å². The number of nitrogens with one attached hydrogen (secondary N) is 2. The summed E-state index contributed by atoms with van der Waals surface area (Å²) in [6.07, 6.45) is 2.60. The minimum atomic E-state index is -0.231. The number of carbonyl (C=O) groups excluding carboxylic acids is 1. The highest BCUT2D eigenvalue weighted by molar-refractivity contribution is 6.03. The number of nitrogens with zero attached hydrogens (tertiary/aromatic N) is 2. The second kappa shape index (κ2) is 8.36. The van der Waals surface area contributed by atoms with Crippen molar-refractivity contribution in [1.29, 1.82) is 0 Å². The average molecular weight is 360 g/mol. The van der Waals surface area contributed by atoms with E-state index in [0.29, 0.717) is 5.69 Å². The molecule has 0 aliphatic rings. The fourth-order valence-electron chi connectivity index (χ4n) is 2.66. The van der Waals surface area contributed by atoms with Gasteiger partial charge in [0, 0.05) is 43.0 Å². The third-order valence-corrected chi connectivity index (χ3v) is 4.29. The van der Waals surface area contributed by atoms with Crippen molar-refractivity contribution in [2.24, 2.45) is 0 Å². The summed E-state index contributed by atoms with van der Waals surface area (Å²) in [6.45, 7) is 2.10. The van der Waals surface area contributed by atoms with Crippen LogP contribution in [0, 0.1) is 0 Å². The van der Waals surface area contributed by atoms with E-state index < -0.39 is 0 Å². The molecule has 1 amide bonds. The van der Waals surface area contributed by atoms with Crippen LogP contribution in [0.25, 0.3) is 0 Å². The lowest BCUT2D eigenvalue weighted by atomic mass is 10.1. The second-order valence-electron chi connectivity index (χ2n) is 6.50. The molecule has 5 nitrogen and oxygen atoms in total. The number of benzene rings is 2. The van der Waals surface area contributed by atoms with Crippen molar-refractivity contribution in [3.63, 3.8) is 0 Å². The monoisotopic (exact) mass is 360 g/mol. The molecule has 1 aromatic heterocycles. The van der Waals surface area contributed by atoms with Gasteiger partial charge in [0.25, 0.3) is 5.91 Å². The Kier molecular flexibility index (Phi) is 5.71. The van der Waals surface area contributed by atoms with Crippen LogP contribution in [0.5, 0.6) is 0 Å². The number of carbonyl (C=O) groups is 1. The quantitative estimate of drug-likeness (QED) is 0.669. The van der Waals surface area contributed by atoms with Gasteiger partial charge in [0.1, 0.15) is 5.69 Å². The summed E-state index contributed by atoms with van der Waals surface area (Å²) in [7, 11) is 4.01. The first kappa shape index (κ1) is 18.5. The maximum Gasteiger partial charge on any atom is 0.274 e. The van der Waals surface area contributed by atoms with Crippen LogP contribution in [0.4, 0.5) is 22.7 Å². The van der Waals surface area contributed by atoms with E-state index in [4.69, 9.17) is 0 Å². The van der Waals surface area contributed by atoms with Gasteiger partial charge in [-0.05, 0) is 60.5 Å². The van der Waals surface area contributed by atoms with Gasteiger partial charge in [-0.15, -0.1) is 0 Å². The Morgan fingerprint density at radius 3 is 2.22 bits per heavy atom. The van der Waals surface area contributed by atoms with Crippen molar-refractivity contribution < 1.29 is 4.79 Å². The van der Waals surface area contributed by atoms with Gasteiger partial charge >= 0.3 is 0 Å². The fourth-order valence-corrected chi connectivity index (χ4v) is 2.66. The molecule has 0 unspecified atom stereocenters. The lowest BCUT2D eigenvalue weighted by Gasteiger charge is -2.13. The third kappa shape index (κ3) is 4.85. The van der Waals surface area contributed by atoms with Gasteiger partial charge in [-0.2, -0.15) is 0 Å². The minimum Gasteiger partial charge on any atom is -0.378 e. The number of rotatable bonds is 6. The van der Waals surface area contributed by atoms with Gasteiger partial charge in [0.05, 0.1) is 0 Å². The number of amides is 1. The predicted molar refractivity (Wildman–Crippen MR) is 112 cm³/mol. The van der Waals surface area contributed by atoms with Gasteiger partial charge < -0.3 is 15.5 Å². The van der Waals surface area contributed by atoms with E-state index in [1.165, 1.54) is 5.56 Å². The zero-order valence-electron chi connectivity index (χ0n) is 15.9. The number of anilines is 4. The Hall–Kier alpha value is -3.34. The lowest BCUT2D eigenvalue weighted by molar-refractivity contribution is 0.102. The van der Waals surface area contributed by atoms with Gasteiger partial charge in [-0.25, -0.2) is 0 Å². The Morgan fingerprint density at radius 2 is 1.59 bits per heavy atom. The average Bonchev–Trinajstić information content (AvgIpc) is 2.69. The van der Waals surface area contributed by atoms with Crippen LogP contribution >= 0.6 is 0 Å². The molecule has 2 N–H and O–H groups in total. The maximum absolute atomic E-state index is 12.5. The molecule has 0 fully saturated rings. The number of aromatic nitrogens is 1. The molecule has 0 saturated heterocycles. The van der Waals surface area contributed by atoms with E-state index in [9.17, 15) is 4.79 Å². The van der Waals surface area contributed by atoms with E-state index in [2.05, 4.69) is 22.5 Å². The van der Waals surface area contributed by atoms with Crippen LogP contribution in [0.2, 0.25) is 0 Å². The molecule has 0 radical (unpaired) electrons. The van der Waals surface area contributed by atoms with Crippen molar-refractivity contribution in [3.05, 3.63) is 78.1 Å². The fraction of sp³-hybridized carbons (Fsp3) is 0.182. The topological polar surface area (TPSA) is 57.3 Å². The number of hydrogen-bond acceptors (Lipinski definition) is 4. The van der Waals surface area contributed by atoms with E-state index in [0.717, 1.165) is 29.2 Å². The van der Waals surface area contributed by atoms with E-state index in [-0.39, 0.29) is 5.91 Å². The van der Waals surface area contributed by atoms with Crippen LogP contribution in [-0.2, 0) is 6.42 Å². The molecular formula is C22H24N4O. The molecule has 0 aliphatic carbocycles.